The largest absolute Gasteiger partial charge is 0.391 e. The molecular formula is C16H19IN2O3S. The maximum atomic E-state index is 12.4. The van der Waals surface area contributed by atoms with E-state index in [1.165, 1.54) is 6.26 Å². The van der Waals surface area contributed by atoms with E-state index in [9.17, 15) is 13.5 Å². The number of anilines is 1. The van der Waals surface area contributed by atoms with Gasteiger partial charge in [0.2, 0.25) is 0 Å². The molecule has 3 rings (SSSR count). The van der Waals surface area contributed by atoms with Crippen molar-refractivity contribution in [3.05, 3.63) is 27.5 Å². The lowest BCUT2D eigenvalue weighted by atomic mass is 10.1. The van der Waals surface area contributed by atoms with Crippen LogP contribution in [0.5, 0.6) is 0 Å². The molecule has 0 bridgehead atoms. The third kappa shape index (κ3) is 3.32. The minimum atomic E-state index is -3.42. The Morgan fingerprint density at radius 3 is 2.78 bits per heavy atom. The van der Waals surface area contributed by atoms with E-state index in [4.69, 9.17) is 0 Å². The van der Waals surface area contributed by atoms with Crippen molar-refractivity contribution < 1.29 is 13.5 Å². The molecule has 0 aliphatic carbocycles. The molecule has 0 unspecified atom stereocenters. The smallest absolute Gasteiger partial charge is 0.179 e. The van der Waals surface area contributed by atoms with Crippen LogP contribution in [0.4, 0.5) is 5.69 Å². The van der Waals surface area contributed by atoms with Crippen molar-refractivity contribution in [2.75, 3.05) is 24.2 Å². The molecule has 7 heteroatoms. The molecule has 1 aliphatic rings. The molecule has 1 aromatic carbocycles. The highest BCUT2D eigenvalue weighted by molar-refractivity contribution is 14.1. The molecule has 23 heavy (non-hydrogen) atoms. The summed E-state index contributed by atoms with van der Waals surface area (Å²) in [7, 11) is -3.42. The Morgan fingerprint density at radius 1 is 1.39 bits per heavy atom. The van der Waals surface area contributed by atoms with Gasteiger partial charge in [-0.3, -0.25) is 4.98 Å². The van der Waals surface area contributed by atoms with E-state index in [0.717, 1.165) is 33.9 Å². The number of aliphatic hydroxyl groups excluding tert-OH is 1. The van der Waals surface area contributed by atoms with Crippen LogP contribution in [0, 0.1) is 10.5 Å². The number of nitrogens with zero attached hydrogens (tertiary/aromatic N) is 2. The number of rotatable bonds is 2. The quantitative estimate of drug-likeness (QED) is 0.719. The van der Waals surface area contributed by atoms with E-state index in [-0.39, 0.29) is 4.90 Å². The number of hydrogen-bond acceptors (Lipinski definition) is 5. The summed E-state index contributed by atoms with van der Waals surface area (Å²) in [5.41, 5.74) is 1.98. The average Bonchev–Trinajstić information content (AvgIpc) is 2.45. The molecule has 1 N–H and O–H groups in total. The molecule has 1 fully saturated rings. The highest BCUT2D eigenvalue weighted by atomic mass is 127. The molecule has 0 saturated carbocycles. The number of aryl methyl sites for hydroxylation is 1. The SMILES string of the molecule is Cc1nc2ccc(I)cc2c(N2CCC[C@@H](O)C2)c1S(C)(=O)=O. The summed E-state index contributed by atoms with van der Waals surface area (Å²) in [5, 5.41) is 10.9. The second-order valence-electron chi connectivity index (χ2n) is 6.05. The molecule has 0 spiro atoms. The van der Waals surface area contributed by atoms with Crippen LogP contribution in [-0.2, 0) is 9.84 Å². The van der Waals surface area contributed by atoms with Gasteiger partial charge < -0.3 is 10.0 Å². The summed E-state index contributed by atoms with van der Waals surface area (Å²) in [6.07, 6.45) is 2.39. The van der Waals surface area contributed by atoms with Crippen LogP contribution in [-0.4, -0.2) is 44.0 Å². The zero-order chi connectivity index (χ0) is 16.8. The maximum absolute atomic E-state index is 12.4. The molecule has 0 amide bonds. The molecule has 1 saturated heterocycles. The van der Waals surface area contributed by atoms with Gasteiger partial charge in [0.15, 0.2) is 9.84 Å². The van der Waals surface area contributed by atoms with E-state index in [1.54, 1.807) is 6.92 Å². The van der Waals surface area contributed by atoms with Gasteiger partial charge in [0.05, 0.1) is 23.0 Å². The summed E-state index contributed by atoms with van der Waals surface area (Å²) in [4.78, 5) is 6.76. The lowest BCUT2D eigenvalue weighted by Crippen LogP contribution is -2.39. The number of aromatic nitrogens is 1. The second kappa shape index (κ2) is 6.18. The van der Waals surface area contributed by atoms with E-state index in [1.807, 2.05) is 23.1 Å². The van der Waals surface area contributed by atoms with Crippen LogP contribution < -0.4 is 4.90 Å². The molecule has 5 nitrogen and oxygen atoms in total. The van der Waals surface area contributed by atoms with Crippen LogP contribution in [0.25, 0.3) is 10.9 Å². The molecular weight excluding hydrogens is 427 g/mol. The normalized spacial score (nSPS) is 19.3. The minimum Gasteiger partial charge on any atom is -0.391 e. The number of hydrogen-bond donors (Lipinski definition) is 1. The second-order valence-corrected chi connectivity index (χ2v) is 9.25. The van der Waals surface area contributed by atoms with Gasteiger partial charge in [0.1, 0.15) is 4.90 Å². The van der Waals surface area contributed by atoms with Crippen molar-refractivity contribution >= 4 is 49.0 Å². The number of benzene rings is 1. The van der Waals surface area contributed by atoms with Crippen molar-refractivity contribution in [1.29, 1.82) is 0 Å². The maximum Gasteiger partial charge on any atom is 0.179 e. The molecule has 1 aliphatic heterocycles. The summed E-state index contributed by atoms with van der Waals surface area (Å²) in [6.45, 7) is 2.92. The third-order valence-electron chi connectivity index (χ3n) is 4.13. The Hall–Kier alpha value is -0.930. The number of β-amino-alcohol motifs (C(OH)–C–C–N with tert-alkyl or cyclic N) is 1. The van der Waals surface area contributed by atoms with Crippen LogP contribution in [0.3, 0.4) is 0 Å². The van der Waals surface area contributed by atoms with E-state index in [2.05, 4.69) is 27.6 Å². The topological polar surface area (TPSA) is 70.5 Å². The Kier molecular flexibility index (Phi) is 4.54. The van der Waals surface area contributed by atoms with Gasteiger partial charge in [-0.2, -0.15) is 0 Å². The number of sulfone groups is 1. The van der Waals surface area contributed by atoms with Crippen molar-refractivity contribution in [3.8, 4) is 0 Å². The van der Waals surface area contributed by atoms with Crippen molar-refractivity contribution in [3.63, 3.8) is 0 Å². The molecule has 2 aromatic rings. The molecule has 0 radical (unpaired) electrons. The first-order valence-electron chi connectivity index (χ1n) is 7.50. The lowest BCUT2D eigenvalue weighted by Gasteiger charge is -2.34. The standard InChI is InChI=1S/C16H19IN2O3S/c1-10-16(23(2,21)22)15(19-7-3-4-12(20)9-19)13-8-11(17)5-6-14(13)18-10/h5-6,8,12,20H,3-4,7,9H2,1-2H3/t12-/m1/s1. The first-order valence-corrected chi connectivity index (χ1v) is 10.5. The number of fused-ring (bicyclic) bond motifs is 1. The van der Waals surface area contributed by atoms with Gasteiger partial charge in [0.25, 0.3) is 0 Å². The Morgan fingerprint density at radius 2 is 2.13 bits per heavy atom. The summed E-state index contributed by atoms with van der Waals surface area (Å²) < 4.78 is 25.8. The van der Waals surface area contributed by atoms with Crippen molar-refractivity contribution in [2.24, 2.45) is 0 Å². The summed E-state index contributed by atoms with van der Waals surface area (Å²) in [5.74, 6) is 0. The highest BCUT2D eigenvalue weighted by Gasteiger charge is 2.28. The van der Waals surface area contributed by atoms with E-state index < -0.39 is 15.9 Å². The Balaban J connectivity index is 2.36. The average molecular weight is 446 g/mol. The fourth-order valence-corrected chi connectivity index (χ4v) is 4.90. The first kappa shape index (κ1) is 16.9. The van der Waals surface area contributed by atoms with Gasteiger partial charge in [-0.15, -0.1) is 0 Å². The van der Waals surface area contributed by atoms with Crippen LogP contribution in [0.2, 0.25) is 0 Å². The molecule has 1 atom stereocenters. The Labute approximate surface area is 149 Å². The zero-order valence-corrected chi connectivity index (χ0v) is 16.1. The summed E-state index contributed by atoms with van der Waals surface area (Å²) in [6, 6.07) is 5.84. The minimum absolute atomic E-state index is 0.279. The predicted molar refractivity (Wildman–Crippen MR) is 99.8 cm³/mol. The van der Waals surface area contributed by atoms with Crippen molar-refractivity contribution in [1.82, 2.24) is 4.98 Å². The predicted octanol–water partition coefficient (Wildman–Crippen LogP) is 2.51. The van der Waals surface area contributed by atoms with Crippen LogP contribution in [0.1, 0.15) is 18.5 Å². The van der Waals surface area contributed by atoms with Crippen molar-refractivity contribution in [2.45, 2.75) is 30.8 Å². The number of pyridine rings is 1. The van der Waals surface area contributed by atoms with Gasteiger partial charge in [0, 0.05) is 28.3 Å². The molecule has 1 aromatic heterocycles. The summed E-state index contributed by atoms with van der Waals surface area (Å²) >= 11 is 2.22. The highest BCUT2D eigenvalue weighted by Crippen LogP contribution is 2.37. The van der Waals surface area contributed by atoms with Gasteiger partial charge in [-0.25, -0.2) is 8.42 Å². The number of halogens is 1. The van der Waals surface area contributed by atoms with Crippen LogP contribution >= 0.6 is 22.6 Å². The number of aliphatic hydroxyl groups is 1. The third-order valence-corrected chi connectivity index (χ3v) is 6.03. The van der Waals surface area contributed by atoms with Gasteiger partial charge in [-0.1, -0.05) is 0 Å². The fourth-order valence-electron chi connectivity index (χ4n) is 3.24. The lowest BCUT2D eigenvalue weighted by molar-refractivity contribution is 0.154. The molecule has 124 valence electrons. The van der Waals surface area contributed by atoms with Gasteiger partial charge >= 0.3 is 0 Å². The van der Waals surface area contributed by atoms with Gasteiger partial charge in [-0.05, 0) is 60.6 Å². The number of piperidine rings is 1. The first-order chi connectivity index (χ1) is 10.8. The molecule has 2 heterocycles. The van der Waals surface area contributed by atoms with E-state index in [0.29, 0.717) is 17.9 Å². The zero-order valence-electron chi connectivity index (χ0n) is 13.1. The monoisotopic (exact) mass is 446 g/mol. The van der Waals surface area contributed by atoms with Crippen LogP contribution in [0.15, 0.2) is 23.1 Å². The fraction of sp³-hybridized carbons (Fsp3) is 0.438. The Bertz CT molecular complexity index is 867. The van der Waals surface area contributed by atoms with E-state index >= 15 is 0 Å².